The molecule has 0 aliphatic carbocycles. The Bertz CT molecular complexity index is 1050. The van der Waals surface area contributed by atoms with E-state index in [1.807, 2.05) is 49.6 Å². The maximum Gasteiger partial charge on any atom is 0.230 e. The topological polar surface area (TPSA) is 50.3 Å². The Balaban J connectivity index is 1.85. The lowest BCUT2D eigenvalue weighted by Crippen LogP contribution is -2.23. The molecular formula is C22H19BrN2O2S. The number of hydrogen-bond acceptors (Lipinski definition) is 4. The lowest BCUT2D eigenvalue weighted by Gasteiger charge is -2.21. The van der Waals surface area contributed by atoms with Crippen LogP contribution in [0.5, 0.6) is 0 Å². The fourth-order valence-electron chi connectivity index (χ4n) is 2.71. The van der Waals surface area contributed by atoms with Crippen molar-refractivity contribution in [2.75, 3.05) is 4.90 Å². The van der Waals surface area contributed by atoms with Gasteiger partial charge in [0.15, 0.2) is 10.9 Å². The molecule has 4 nitrogen and oxygen atoms in total. The maximum absolute atomic E-state index is 12.3. The summed E-state index contributed by atoms with van der Waals surface area (Å²) in [6.45, 7) is 5.53. The number of benzene rings is 2. The largest absolute Gasteiger partial charge is 0.289 e. The van der Waals surface area contributed by atoms with Crippen LogP contribution in [0.3, 0.4) is 0 Å². The number of carbonyl (C=O) groups excluding carboxylic acids is 2. The lowest BCUT2D eigenvalue weighted by molar-refractivity contribution is -0.115. The molecule has 6 heteroatoms. The Hall–Kier alpha value is -2.57. The van der Waals surface area contributed by atoms with Crippen molar-refractivity contribution in [3.63, 3.8) is 0 Å². The van der Waals surface area contributed by atoms with Gasteiger partial charge in [0.05, 0.1) is 11.4 Å². The lowest BCUT2D eigenvalue weighted by atomic mass is 10.1. The number of carbonyl (C=O) groups is 2. The van der Waals surface area contributed by atoms with Crippen LogP contribution in [-0.4, -0.2) is 16.7 Å². The first-order chi connectivity index (χ1) is 13.4. The zero-order chi connectivity index (χ0) is 20.3. The summed E-state index contributed by atoms with van der Waals surface area (Å²) in [4.78, 5) is 30.8. The minimum Gasteiger partial charge on any atom is -0.289 e. The predicted molar refractivity (Wildman–Crippen MR) is 118 cm³/mol. The zero-order valence-electron chi connectivity index (χ0n) is 15.8. The molecule has 142 valence electrons. The Morgan fingerprint density at radius 1 is 1.11 bits per heavy atom. The normalized spacial score (nSPS) is 11.0. The van der Waals surface area contributed by atoms with Gasteiger partial charge in [-0.1, -0.05) is 28.1 Å². The Kier molecular flexibility index (Phi) is 6.21. The van der Waals surface area contributed by atoms with Crippen molar-refractivity contribution in [1.82, 2.24) is 4.98 Å². The van der Waals surface area contributed by atoms with Crippen LogP contribution in [0.25, 0.3) is 6.08 Å². The highest BCUT2D eigenvalue weighted by Gasteiger charge is 2.19. The van der Waals surface area contributed by atoms with Crippen LogP contribution in [0.15, 0.2) is 58.4 Å². The second-order valence-electron chi connectivity index (χ2n) is 6.33. The number of halogens is 1. The van der Waals surface area contributed by atoms with Crippen LogP contribution in [-0.2, 0) is 4.79 Å². The van der Waals surface area contributed by atoms with E-state index in [0.29, 0.717) is 16.4 Å². The van der Waals surface area contributed by atoms with E-state index in [9.17, 15) is 9.59 Å². The van der Waals surface area contributed by atoms with Gasteiger partial charge in [0, 0.05) is 22.3 Å². The molecular weight excluding hydrogens is 436 g/mol. The van der Waals surface area contributed by atoms with Crippen LogP contribution in [0.2, 0.25) is 0 Å². The van der Waals surface area contributed by atoms with E-state index < -0.39 is 0 Å². The first-order valence-electron chi connectivity index (χ1n) is 8.67. The average Bonchev–Trinajstić information content (AvgIpc) is 3.12. The second kappa shape index (κ2) is 8.63. The van der Waals surface area contributed by atoms with Crippen LogP contribution in [0, 0.1) is 13.8 Å². The van der Waals surface area contributed by atoms with Crippen molar-refractivity contribution in [3.8, 4) is 0 Å². The number of rotatable bonds is 5. The van der Waals surface area contributed by atoms with E-state index in [1.54, 1.807) is 23.1 Å². The third kappa shape index (κ3) is 4.46. The molecule has 1 amide bonds. The van der Waals surface area contributed by atoms with Crippen LogP contribution >= 0.6 is 27.3 Å². The molecule has 0 spiro atoms. The van der Waals surface area contributed by atoms with E-state index in [0.717, 1.165) is 21.3 Å². The number of allylic oxidation sites excluding steroid dienone is 1. The summed E-state index contributed by atoms with van der Waals surface area (Å²) in [5, 5.41) is 2.42. The van der Waals surface area contributed by atoms with Crippen LogP contribution in [0.4, 0.5) is 10.8 Å². The van der Waals surface area contributed by atoms with Gasteiger partial charge < -0.3 is 0 Å². The van der Waals surface area contributed by atoms with Gasteiger partial charge in [-0.3, -0.25) is 14.5 Å². The van der Waals surface area contributed by atoms with E-state index in [1.165, 1.54) is 24.3 Å². The van der Waals surface area contributed by atoms with E-state index in [-0.39, 0.29) is 11.7 Å². The van der Waals surface area contributed by atoms with Gasteiger partial charge >= 0.3 is 0 Å². The molecule has 0 aliphatic rings. The van der Waals surface area contributed by atoms with Gasteiger partial charge in [-0.05, 0) is 67.5 Å². The molecule has 0 saturated carbocycles. The molecule has 3 rings (SSSR count). The third-order valence-corrected chi connectivity index (χ3v) is 5.74. The first-order valence-corrected chi connectivity index (χ1v) is 10.3. The average molecular weight is 455 g/mol. The molecule has 0 fully saturated rings. The smallest absolute Gasteiger partial charge is 0.230 e. The molecule has 1 heterocycles. The SMILES string of the molecule is CC(=O)N(c1nc(/C=C/C(=O)c2ccc(Br)cc2)cs1)c1cccc(C)c1C. The molecule has 1 aromatic heterocycles. The van der Waals surface area contributed by atoms with Crippen molar-refractivity contribution in [1.29, 1.82) is 0 Å². The number of aromatic nitrogens is 1. The van der Waals surface area contributed by atoms with Gasteiger partial charge in [0.25, 0.3) is 0 Å². The van der Waals surface area contributed by atoms with Crippen LogP contribution < -0.4 is 4.90 Å². The summed E-state index contributed by atoms with van der Waals surface area (Å²) >= 11 is 4.73. The summed E-state index contributed by atoms with van der Waals surface area (Å²) in [6, 6.07) is 13.0. The number of thiazole rings is 1. The molecule has 3 aromatic rings. The number of aryl methyl sites for hydroxylation is 1. The molecule has 0 bridgehead atoms. The monoisotopic (exact) mass is 454 g/mol. The second-order valence-corrected chi connectivity index (χ2v) is 8.09. The molecule has 2 aromatic carbocycles. The van der Waals surface area contributed by atoms with Gasteiger partial charge in [0.2, 0.25) is 5.91 Å². The number of amides is 1. The Labute approximate surface area is 176 Å². The van der Waals surface area contributed by atoms with E-state index in [2.05, 4.69) is 20.9 Å². The summed E-state index contributed by atoms with van der Waals surface area (Å²) in [5.74, 6) is -0.204. The van der Waals surface area contributed by atoms with E-state index in [4.69, 9.17) is 0 Å². The molecule has 0 N–H and O–H groups in total. The Morgan fingerprint density at radius 3 is 2.50 bits per heavy atom. The number of hydrogen-bond donors (Lipinski definition) is 0. The summed E-state index contributed by atoms with van der Waals surface area (Å²) in [6.07, 6.45) is 3.17. The molecule has 0 radical (unpaired) electrons. The Morgan fingerprint density at radius 2 is 1.82 bits per heavy atom. The fraction of sp³-hybridized carbons (Fsp3) is 0.136. The fourth-order valence-corrected chi connectivity index (χ4v) is 3.82. The molecule has 0 atom stereocenters. The quantitative estimate of drug-likeness (QED) is 0.345. The van der Waals surface area contributed by atoms with Crippen molar-refractivity contribution in [2.45, 2.75) is 20.8 Å². The van der Waals surface area contributed by atoms with Crippen molar-refractivity contribution in [2.24, 2.45) is 0 Å². The van der Waals surface area contributed by atoms with Crippen molar-refractivity contribution in [3.05, 3.63) is 80.8 Å². The minimum atomic E-state index is -0.107. The molecule has 0 aliphatic heterocycles. The number of anilines is 2. The summed E-state index contributed by atoms with van der Waals surface area (Å²) < 4.78 is 0.924. The summed E-state index contributed by atoms with van der Waals surface area (Å²) in [5.41, 5.74) is 4.22. The maximum atomic E-state index is 12.3. The zero-order valence-corrected chi connectivity index (χ0v) is 18.2. The number of ketones is 1. The van der Waals surface area contributed by atoms with Gasteiger partial charge in [-0.2, -0.15) is 0 Å². The van der Waals surface area contributed by atoms with Gasteiger partial charge in [0.1, 0.15) is 0 Å². The highest BCUT2D eigenvalue weighted by atomic mass is 79.9. The van der Waals surface area contributed by atoms with Gasteiger partial charge in [-0.25, -0.2) is 4.98 Å². The molecule has 28 heavy (non-hydrogen) atoms. The minimum absolute atomic E-state index is 0.0972. The highest BCUT2D eigenvalue weighted by Crippen LogP contribution is 2.32. The predicted octanol–water partition coefficient (Wildman–Crippen LogP) is 6.10. The number of nitrogens with zero attached hydrogens (tertiary/aromatic N) is 2. The van der Waals surface area contributed by atoms with E-state index >= 15 is 0 Å². The van der Waals surface area contributed by atoms with Crippen molar-refractivity contribution >= 4 is 55.9 Å². The van der Waals surface area contributed by atoms with Gasteiger partial charge in [-0.15, -0.1) is 11.3 Å². The summed E-state index contributed by atoms with van der Waals surface area (Å²) in [7, 11) is 0. The molecule has 0 unspecified atom stereocenters. The highest BCUT2D eigenvalue weighted by molar-refractivity contribution is 9.10. The third-order valence-electron chi connectivity index (χ3n) is 4.37. The first kappa shape index (κ1) is 20.2. The molecule has 0 saturated heterocycles. The van der Waals surface area contributed by atoms with Crippen molar-refractivity contribution < 1.29 is 9.59 Å². The standard InChI is InChI=1S/C22H19BrN2O2S/c1-14-5-4-6-20(15(14)2)25(16(3)26)22-24-19(13-28-22)11-12-21(27)17-7-9-18(23)10-8-17/h4-13H,1-3H3/b12-11+. The van der Waals surface area contributed by atoms with Crippen LogP contribution in [0.1, 0.15) is 34.1 Å².